The van der Waals surface area contributed by atoms with Crippen LogP contribution in [0.5, 0.6) is 0 Å². The summed E-state index contributed by atoms with van der Waals surface area (Å²) in [6.07, 6.45) is -0.436. The average molecular weight is 201 g/mol. The van der Waals surface area contributed by atoms with Crippen molar-refractivity contribution < 1.29 is 8.78 Å². The van der Waals surface area contributed by atoms with Gasteiger partial charge in [-0.25, -0.2) is 4.39 Å². The zero-order valence-corrected chi connectivity index (χ0v) is 7.70. The van der Waals surface area contributed by atoms with Crippen molar-refractivity contribution in [3.63, 3.8) is 0 Å². The molecule has 1 saturated heterocycles. The predicted molar refractivity (Wildman–Crippen MR) is 47.2 cm³/mol. The number of rotatable bonds is 3. The molecular weight excluding hydrogens is 186 g/mol. The first-order valence-corrected chi connectivity index (χ1v) is 3.92. The normalized spacial score (nSPS) is 30.2. The van der Waals surface area contributed by atoms with E-state index in [2.05, 4.69) is 0 Å². The Hall–Kier alpha value is 0.0700. The third kappa shape index (κ3) is 3.21. The van der Waals surface area contributed by atoms with Gasteiger partial charge in [0.15, 0.2) is 0 Å². The Kier molecular flexibility index (Phi) is 5.70. The SMILES string of the molecule is Cl.N[C@@H]1CN(CCCF)C[C@H]1F. The van der Waals surface area contributed by atoms with Crippen LogP contribution in [0.1, 0.15) is 6.42 Å². The summed E-state index contributed by atoms with van der Waals surface area (Å²) in [5.41, 5.74) is 5.43. The zero-order valence-electron chi connectivity index (χ0n) is 6.88. The van der Waals surface area contributed by atoms with Gasteiger partial charge in [0.1, 0.15) is 6.17 Å². The first-order valence-electron chi connectivity index (χ1n) is 3.92. The number of halogens is 3. The number of likely N-dealkylation sites (tertiary alicyclic amines) is 1. The molecule has 1 aliphatic rings. The summed E-state index contributed by atoms with van der Waals surface area (Å²) in [6, 6.07) is -0.366. The highest BCUT2D eigenvalue weighted by Gasteiger charge is 2.28. The summed E-state index contributed by atoms with van der Waals surface area (Å²) in [5.74, 6) is 0. The van der Waals surface area contributed by atoms with Crippen LogP contribution in [0.15, 0.2) is 0 Å². The van der Waals surface area contributed by atoms with E-state index in [1.54, 1.807) is 0 Å². The minimum atomic E-state index is -0.922. The summed E-state index contributed by atoms with van der Waals surface area (Å²) < 4.78 is 24.4. The molecule has 1 rings (SSSR count). The largest absolute Gasteiger partial charge is 0.324 e. The summed E-state index contributed by atoms with van der Waals surface area (Å²) in [4.78, 5) is 1.87. The van der Waals surface area contributed by atoms with E-state index in [1.807, 2.05) is 4.90 Å². The Balaban J connectivity index is 0.00000121. The molecule has 0 aromatic carbocycles. The van der Waals surface area contributed by atoms with Gasteiger partial charge in [-0.2, -0.15) is 0 Å². The second-order valence-corrected chi connectivity index (χ2v) is 2.98. The summed E-state index contributed by atoms with van der Waals surface area (Å²) >= 11 is 0. The van der Waals surface area contributed by atoms with E-state index in [9.17, 15) is 8.78 Å². The van der Waals surface area contributed by atoms with Crippen LogP contribution < -0.4 is 5.73 Å². The third-order valence-corrected chi connectivity index (χ3v) is 1.97. The van der Waals surface area contributed by atoms with Crippen LogP contribution in [0.25, 0.3) is 0 Å². The lowest BCUT2D eigenvalue weighted by Gasteiger charge is -2.12. The lowest BCUT2D eigenvalue weighted by Crippen LogP contribution is -2.30. The molecule has 0 saturated carbocycles. The van der Waals surface area contributed by atoms with Crippen LogP contribution >= 0.6 is 12.4 Å². The van der Waals surface area contributed by atoms with Crippen LogP contribution in [-0.4, -0.2) is 43.4 Å². The van der Waals surface area contributed by atoms with Crippen molar-refractivity contribution in [1.82, 2.24) is 4.90 Å². The number of hydrogen-bond donors (Lipinski definition) is 1. The topological polar surface area (TPSA) is 29.3 Å². The van der Waals surface area contributed by atoms with Crippen LogP contribution in [-0.2, 0) is 0 Å². The highest BCUT2D eigenvalue weighted by molar-refractivity contribution is 5.85. The summed E-state index contributed by atoms with van der Waals surface area (Å²) in [6.45, 7) is 1.25. The molecule has 0 radical (unpaired) electrons. The number of hydrogen-bond acceptors (Lipinski definition) is 2. The maximum Gasteiger partial charge on any atom is 0.129 e. The molecule has 2 nitrogen and oxygen atoms in total. The molecule has 1 fully saturated rings. The van der Waals surface area contributed by atoms with E-state index >= 15 is 0 Å². The van der Waals surface area contributed by atoms with Gasteiger partial charge in [-0.15, -0.1) is 12.4 Å². The summed E-state index contributed by atoms with van der Waals surface area (Å²) in [5, 5.41) is 0. The van der Waals surface area contributed by atoms with Crippen LogP contribution in [0.2, 0.25) is 0 Å². The van der Waals surface area contributed by atoms with Gasteiger partial charge in [0, 0.05) is 25.7 Å². The van der Waals surface area contributed by atoms with Gasteiger partial charge in [-0.05, 0) is 6.42 Å². The second-order valence-electron chi connectivity index (χ2n) is 2.98. The van der Waals surface area contributed by atoms with Crippen molar-refractivity contribution in [2.45, 2.75) is 18.6 Å². The van der Waals surface area contributed by atoms with Crippen molar-refractivity contribution in [2.24, 2.45) is 5.73 Å². The molecule has 0 aromatic rings. The molecule has 5 heteroatoms. The van der Waals surface area contributed by atoms with Gasteiger partial charge in [0.05, 0.1) is 6.67 Å². The number of alkyl halides is 2. The Morgan fingerprint density at radius 3 is 2.50 bits per heavy atom. The monoisotopic (exact) mass is 200 g/mol. The van der Waals surface area contributed by atoms with Gasteiger partial charge in [0.25, 0.3) is 0 Å². The molecular formula is C7H15ClF2N2. The van der Waals surface area contributed by atoms with Crippen molar-refractivity contribution >= 4 is 12.4 Å². The molecule has 12 heavy (non-hydrogen) atoms. The maximum absolute atomic E-state index is 12.7. The minimum Gasteiger partial charge on any atom is -0.324 e. The first kappa shape index (κ1) is 12.1. The van der Waals surface area contributed by atoms with Crippen LogP contribution in [0.3, 0.4) is 0 Å². The Morgan fingerprint density at radius 2 is 2.08 bits per heavy atom. The highest BCUT2D eigenvalue weighted by atomic mass is 35.5. The Morgan fingerprint density at radius 1 is 1.42 bits per heavy atom. The van der Waals surface area contributed by atoms with Crippen molar-refractivity contribution in [3.05, 3.63) is 0 Å². The molecule has 0 aliphatic carbocycles. The number of nitrogens with two attached hydrogens (primary N) is 1. The van der Waals surface area contributed by atoms with Crippen LogP contribution in [0, 0.1) is 0 Å². The molecule has 1 aliphatic heterocycles. The quantitative estimate of drug-likeness (QED) is 0.729. The van der Waals surface area contributed by atoms with Gasteiger partial charge >= 0.3 is 0 Å². The van der Waals surface area contributed by atoms with Crippen LogP contribution in [0.4, 0.5) is 8.78 Å². The van der Waals surface area contributed by atoms with Crippen molar-refractivity contribution in [3.8, 4) is 0 Å². The van der Waals surface area contributed by atoms with E-state index in [1.165, 1.54) is 0 Å². The fourth-order valence-corrected chi connectivity index (χ4v) is 1.34. The Bertz CT molecular complexity index is 116. The van der Waals surface area contributed by atoms with E-state index < -0.39 is 6.17 Å². The third-order valence-electron chi connectivity index (χ3n) is 1.97. The average Bonchev–Trinajstić information content (AvgIpc) is 2.28. The fourth-order valence-electron chi connectivity index (χ4n) is 1.34. The molecule has 0 unspecified atom stereocenters. The summed E-state index contributed by atoms with van der Waals surface area (Å²) in [7, 11) is 0. The maximum atomic E-state index is 12.7. The molecule has 2 N–H and O–H groups in total. The standard InChI is InChI=1S/C7H14F2N2.ClH/c8-2-1-3-11-4-6(9)7(10)5-11;/h6-7H,1-5,10H2;1H/t6-,7-;/m1./s1. The molecule has 0 amide bonds. The molecule has 2 atom stereocenters. The smallest absolute Gasteiger partial charge is 0.129 e. The van der Waals surface area contributed by atoms with E-state index in [-0.39, 0.29) is 25.1 Å². The van der Waals surface area contributed by atoms with Gasteiger partial charge in [-0.1, -0.05) is 0 Å². The second kappa shape index (κ2) is 5.67. The van der Waals surface area contributed by atoms with Gasteiger partial charge in [0.2, 0.25) is 0 Å². The minimum absolute atomic E-state index is 0. The van der Waals surface area contributed by atoms with Crippen molar-refractivity contribution in [2.75, 3.05) is 26.3 Å². The predicted octanol–water partition coefficient (Wildman–Crippen LogP) is 0.749. The van der Waals surface area contributed by atoms with Crippen molar-refractivity contribution in [1.29, 1.82) is 0 Å². The molecule has 74 valence electrons. The molecule has 0 spiro atoms. The van der Waals surface area contributed by atoms with Gasteiger partial charge in [-0.3, -0.25) is 9.29 Å². The van der Waals surface area contributed by atoms with E-state index in [0.29, 0.717) is 26.1 Å². The van der Waals surface area contributed by atoms with Gasteiger partial charge < -0.3 is 5.73 Å². The highest BCUT2D eigenvalue weighted by Crippen LogP contribution is 2.11. The Labute approximate surface area is 77.5 Å². The molecule has 1 heterocycles. The van der Waals surface area contributed by atoms with E-state index in [0.717, 1.165) is 0 Å². The zero-order chi connectivity index (χ0) is 8.27. The lowest BCUT2D eigenvalue weighted by molar-refractivity contribution is 0.274. The lowest BCUT2D eigenvalue weighted by atomic mass is 10.3. The molecule has 0 bridgehead atoms. The number of nitrogens with zero attached hydrogens (tertiary/aromatic N) is 1. The first-order chi connectivity index (χ1) is 5.24. The fraction of sp³-hybridized carbons (Fsp3) is 1.00. The molecule has 0 aromatic heterocycles. The van der Waals surface area contributed by atoms with E-state index in [4.69, 9.17) is 5.73 Å².